The van der Waals surface area contributed by atoms with Crippen LogP contribution in [0.4, 0.5) is 5.69 Å². The van der Waals surface area contributed by atoms with Gasteiger partial charge < -0.3 is 41.0 Å². The first kappa shape index (κ1) is 25.0. The number of rotatable bonds is 8. The minimum Gasteiger partial charge on any atom is -0.395 e. The summed E-state index contributed by atoms with van der Waals surface area (Å²) in [5, 5.41) is 43.4. The van der Waals surface area contributed by atoms with Gasteiger partial charge in [0.15, 0.2) is 0 Å². The van der Waals surface area contributed by atoms with E-state index in [0.29, 0.717) is 39.5 Å². The second kappa shape index (κ2) is 11.6. The number of ether oxygens (including phenoxy) is 2. The Kier molecular flexibility index (Phi) is 8.51. The molecule has 2 aliphatic heterocycles. The molecule has 0 aromatic heterocycles. The maximum atomic E-state index is 10.2. The monoisotopic (exact) mass is 473 g/mol. The molecule has 0 saturated carbocycles. The SMILES string of the molecule is NCc1cc(NCc2cccc(CN3C[C@H](O)[C@@H](O)[C@H](O)[C@H]3CO)c2)cc([C@@H]2COCCO2)c1. The Labute approximate surface area is 199 Å². The van der Waals surface area contributed by atoms with Crippen LogP contribution in [0.15, 0.2) is 42.5 Å². The van der Waals surface area contributed by atoms with Crippen LogP contribution in [0.3, 0.4) is 0 Å². The summed E-state index contributed by atoms with van der Waals surface area (Å²) < 4.78 is 11.4. The van der Waals surface area contributed by atoms with Gasteiger partial charge in [-0.1, -0.05) is 30.3 Å². The number of hydrogen-bond donors (Lipinski definition) is 6. The Morgan fingerprint density at radius 1 is 1.00 bits per heavy atom. The van der Waals surface area contributed by atoms with Crippen molar-refractivity contribution < 1.29 is 29.9 Å². The molecule has 34 heavy (non-hydrogen) atoms. The van der Waals surface area contributed by atoms with Gasteiger partial charge >= 0.3 is 0 Å². The van der Waals surface area contributed by atoms with E-state index in [1.54, 1.807) is 4.90 Å². The highest BCUT2D eigenvalue weighted by molar-refractivity contribution is 5.50. The lowest BCUT2D eigenvalue weighted by molar-refractivity contribution is -0.147. The van der Waals surface area contributed by atoms with Crippen LogP contribution in [0.1, 0.15) is 28.4 Å². The summed E-state index contributed by atoms with van der Waals surface area (Å²) in [6.45, 7) is 3.05. The number of aliphatic hydroxyl groups excluding tert-OH is 4. The summed E-state index contributed by atoms with van der Waals surface area (Å²) in [4.78, 5) is 1.80. The Morgan fingerprint density at radius 3 is 2.56 bits per heavy atom. The first-order valence-electron chi connectivity index (χ1n) is 11.7. The van der Waals surface area contributed by atoms with Gasteiger partial charge in [0, 0.05) is 31.9 Å². The van der Waals surface area contributed by atoms with Crippen molar-refractivity contribution in [1.29, 1.82) is 0 Å². The van der Waals surface area contributed by atoms with Crippen LogP contribution in [0.2, 0.25) is 0 Å². The van der Waals surface area contributed by atoms with E-state index in [2.05, 4.69) is 23.5 Å². The molecule has 186 valence electrons. The molecule has 2 saturated heterocycles. The van der Waals surface area contributed by atoms with Gasteiger partial charge in [-0.15, -0.1) is 0 Å². The van der Waals surface area contributed by atoms with E-state index in [4.69, 9.17) is 15.2 Å². The van der Waals surface area contributed by atoms with Gasteiger partial charge in [-0.05, 0) is 34.4 Å². The summed E-state index contributed by atoms with van der Waals surface area (Å²) >= 11 is 0. The molecule has 0 radical (unpaired) electrons. The molecule has 0 unspecified atom stereocenters. The highest BCUT2D eigenvalue weighted by atomic mass is 16.6. The molecule has 2 aliphatic rings. The summed E-state index contributed by atoms with van der Waals surface area (Å²) in [7, 11) is 0. The van der Waals surface area contributed by atoms with E-state index < -0.39 is 24.4 Å². The predicted molar refractivity (Wildman–Crippen MR) is 127 cm³/mol. The number of piperidine rings is 1. The summed E-state index contributed by atoms with van der Waals surface area (Å²) in [5.74, 6) is 0. The third-order valence-corrected chi connectivity index (χ3v) is 6.53. The number of benzene rings is 2. The zero-order valence-electron chi connectivity index (χ0n) is 19.2. The first-order valence-corrected chi connectivity index (χ1v) is 11.7. The molecule has 2 fully saturated rings. The summed E-state index contributed by atoms with van der Waals surface area (Å²) in [5.41, 5.74) is 11.0. The average Bonchev–Trinajstić information content (AvgIpc) is 2.87. The fraction of sp³-hybridized carbons (Fsp3) is 0.520. The van der Waals surface area contributed by atoms with Gasteiger partial charge in [0.05, 0.1) is 38.6 Å². The maximum absolute atomic E-state index is 10.2. The van der Waals surface area contributed by atoms with E-state index in [-0.39, 0.29) is 19.3 Å². The van der Waals surface area contributed by atoms with E-state index in [0.717, 1.165) is 27.9 Å². The normalized spacial score (nSPS) is 28.1. The Bertz CT molecular complexity index is 939. The molecule has 2 aromatic rings. The number of nitrogens with two attached hydrogens (primary N) is 1. The van der Waals surface area contributed by atoms with Crippen molar-refractivity contribution in [2.45, 2.75) is 50.1 Å². The fourth-order valence-electron chi connectivity index (χ4n) is 4.64. The van der Waals surface area contributed by atoms with E-state index in [1.165, 1.54) is 0 Å². The number of anilines is 1. The second-order valence-corrected chi connectivity index (χ2v) is 9.00. The number of likely N-dealkylation sites (tertiary alicyclic amines) is 1. The first-order chi connectivity index (χ1) is 16.5. The lowest BCUT2D eigenvalue weighted by Crippen LogP contribution is -2.62. The highest BCUT2D eigenvalue weighted by Crippen LogP contribution is 2.26. The third-order valence-electron chi connectivity index (χ3n) is 6.53. The average molecular weight is 474 g/mol. The van der Waals surface area contributed by atoms with Crippen molar-refractivity contribution in [3.8, 4) is 0 Å². The fourth-order valence-corrected chi connectivity index (χ4v) is 4.64. The van der Waals surface area contributed by atoms with Gasteiger partial charge in [0.1, 0.15) is 18.3 Å². The molecule has 7 N–H and O–H groups in total. The van der Waals surface area contributed by atoms with Gasteiger partial charge in [0.2, 0.25) is 0 Å². The smallest absolute Gasteiger partial charge is 0.109 e. The number of nitrogens with zero attached hydrogens (tertiary/aromatic N) is 1. The number of aliphatic hydroxyl groups is 4. The van der Waals surface area contributed by atoms with Crippen molar-refractivity contribution in [3.05, 3.63) is 64.7 Å². The van der Waals surface area contributed by atoms with Crippen molar-refractivity contribution in [2.24, 2.45) is 5.73 Å². The van der Waals surface area contributed by atoms with E-state index in [1.807, 2.05) is 24.3 Å². The van der Waals surface area contributed by atoms with Crippen molar-refractivity contribution in [2.75, 3.05) is 38.3 Å². The second-order valence-electron chi connectivity index (χ2n) is 9.00. The van der Waals surface area contributed by atoms with Crippen molar-refractivity contribution in [1.82, 2.24) is 4.90 Å². The lowest BCUT2D eigenvalue weighted by Gasteiger charge is -2.43. The van der Waals surface area contributed by atoms with Crippen LogP contribution >= 0.6 is 0 Å². The Balaban J connectivity index is 1.43. The zero-order chi connectivity index (χ0) is 24.1. The molecule has 9 heteroatoms. The molecule has 0 aliphatic carbocycles. The van der Waals surface area contributed by atoms with Crippen molar-refractivity contribution >= 4 is 5.69 Å². The highest BCUT2D eigenvalue weighted by Gasteiger charge is 2.40. The van der Waals surface area contributed by atoms with Gasteiger partial charge in [-0.2, -0.15) is 0 Å². The molecular formula is C25H35N3O6. The number of β-amino-alcohol motifs (C(OH)–C–C–N with tert-alkyl or cyclic N) is 1. The molecule has 5 atom stereocenters. The van der Waals surface area contributed by atoms with Gasteiger partial charge in [0.25, 0.3) is 0 Å². The minimum atomic E-state index is -1.26. The van der Waals surface area contributed by atoms with Crippen LogP contribution in [0.25, 0.3) is 0 Å². The van der Waals surface area contributed by atoms with Gasteiger partial charge in [-0.3, -0.25) is 4.90 Å². The van der Waals surface area contributed by atoms with Crippen molar-refractivity contribution in [3.63, 3.8) is 0 Å². The van der Waals surface area contributed by atoms with E-state index in [9.17, 15) is 20.4 Å². The molecule has 2 heterocycles. The molecule has 2 aromatic carbocycles. The topological polar surface area (TPSA) is 141 Å². The van der Waals surface area contributed by atoms with E-state index >= 15 is 0 Å². The quantitative estimate of drug-likeness (QED) is 0.315. The van der Waals surface area contributed by atoms with Crippen LogP contribution in [-0.4, -0.2) is 82.7 Å². The molecule has 4 rings (SSSR count). The molecule has 9 nitrogen and oxygen atoms in total. The predicted octanol–water partition coefficient (Wildman–Crippen LogP) is 0.105. The van der Waals surface area contributed by atoms with Crippen LogP contribution < -0.4 is 11.1 Å². The lowest BCUT2D eigenvalue weighted by atomic mass is 9.93. The Morgan fingerprint density at radius 2 is 1.82 bits per heavy atom. The minimum absolute atomic E-state index is 0.0997. The Hall–Kier alpha value is -2.08. The summed E-state index contributed by atoms with van der Waals surface area (Å²) in [6.07, 6.45) is -3.63. The van der Waals surface area contributed by atoms with Gasteiger partial charge in [-0.25, -0.2) is 0 Å². The molecule has 0 amide bonds. The largest absolute Gasteiger partial charge is 0.395 e. The molecule has 0 bridgehead atoms. The number of hydrogen-bond acceptors (Lipinski definition) is 9. The third kappa shape index (κ3) is 5.94. The zero-order valence-corrected chi connectivity index (χ0v) is 19.2. The molecule has 0 spiro atoms. The summed E-state index contributed by atoms with van der Waals surface area (Å²) in [6, 6.07) is 13.5. The van der Waals surface area contributed by atoms with Crippen LogP contribution in [0, 0.1) is 0 Å². The molecular weight excluding hydrogens is 438 g/mol. The standard InChI is InChI=1S/C25H35N3O6/c26-10-18-7-19(23-15-33-4-5-34-23)9-20(8-18)27-11-16-2-1-3-17(6-16)12-28-13-22(30)25(32)24(31)21(28)14-29/h1-3,6-9,21-25,27,29-32H,4-5,10-15,26H2/t21-,22+,23+,24-,25-/m1/s1. The maximum Gasteiger partial charge on any atom is 0.109 e. The van der Waals surface area contributed by atoms with Crippen LogP contribution in [0.5, 0.6) is 0 Å². The van der Waals surface area contributed by atoms with Crippen LogP contribution in [-0.2, 0) is 29.1 Å². The number of nitrogens with one attached hydrogen (secondary N) is 1.